The highest BCUT2D eigenvalue weighted by atomic mass is 16.5. The molecule has 0 unspecified atom stereocenters. The Bertz CT molecular complexity index is 590. The standard InChI is InChI=1S/C18H30N4O2/c1-13-12-22(9-10-24-13)16-5-7-21(8-6-16)18(23)11-17-14(2)19-20(4)15(17)3/h13,16H,5-12H2,1-4H3/t13-/m0/s1. The van der Waals surface area contributed by atoms with Gasteiger partial charge in [-0.05, 0) is 33.6 Å². The number of likely N-dealkylation sites (tertiary alicyclic amines) is 1. The number of carbonyl (C=O) groups excluding carboxylic acids is 1. The highest BCUT2D eigenvalue weighted by Crippen LogP contribution is 2.21. The average Bonchev–Trinajstić information content (AvgIpc) is 2.81. The number of hydrogen-bond acceptors (Lipinski definition) is 4. The van der Waals surface area contributed by atoms with Crippen molar-refractivity contribution >= 4 is 5.91 Å². The fourth-order valence-corrected chi connectivity index (χ4v) is 3.99. The molecular weight excluding hydrogens is 304 g/mol. The Kier molecular flexibility index (Phi) is 5.25. The van der Waals surface area contributed by atoms with Crippen molar-refractivity contribution in [2.75, 3.05) is 32.8 Å². The van der Waals surface area contributed by atoms with Crippen LogP contribution < -0.4 is 0 Å². The summed E-state index contributed by atoms with van der Waals surface area (Å²) in [4.78, 5) is 17.3. The van der Waals surface area contributed by atoms with Crippen molar-refractivity contribution in [3.05, 3.63) is 17.0 Å². The van der Waals surface area contributed by atoms with Crippen LogP contribution in [-0.4, -0.2) is 70.4 Å². The molecule has 0 saturated carbocycles. The van der Waals surface area contributed by atoms with E-state index in [-0.39, 0.29) is 5.91 Å². The summed E-state index contributed by atoms with van der Waals surface area (Å²) in [6, 6.07) is 0.599. The first-order valence-electron chi connectivity index (χ1n) is 9.08. The summed E-state index contributed by atoms with van der Waals surface area (Å²) < 4.78 is 7.50. The van der Waals surface area contributed by atoms with Crippen molar-refractivity contribution in [1.29, 1.82) is 0 Å². The molecule has 2 fully saturated rings. The molecule has 0 radical (unpaired) electrons. The van der Waals surface area contributed by atoms with Gasteiger partial charge in [0, 0.05) is 50.5 Å². The molecule has 0 bridgehead atoms. The van der Waals surface area contributed by atoms with E-state index in [4.69, 9.17) is 4.74 Å². The van der Waals surface area contributed by atoms with Crippen LogP contribution in [0.3, 0.4) is 0 Å². The number of nitrogens with zero attached hydrogens (tertiary/aromatic N) is 4. The first kappa shape index (κ1) is 17.4. The van der Waals surface area contributed by atoms with Gasteiger partial charge in [-0.2, -0.15) is 5.10 Å². The maximum atomic E-state index is 12.7. The quantitative estimate of drug-likeness (QED) is 0.836. The molecule has 134 valence electrons. The van der Waals surface area contributed by atoms with Crippen LogP contribution in [0.2, 0.25) is 0 Å². The number of rotatable bonds is 3. The summed E-state index contributed by atoms with van der Waals surface area (Å²) in [5.41, 5.74) is 3.16. The van der Waals surface area contributed by atoms with Crippen molar-refractivity contribution in [3.8, 4) is 0 Å². The summed E-state index contributed by atoms with van der Waals surface area (Å²) in [6.07, 6.45) is 2.95. The van der Waals surface area contributed by atoms with Gasteiger partial charge in [0.2, 0.25) is 5.91 Å². The summed E-state index contributed by atoms with van der Waals surface area (Å²) in [5, 5.41) is 4.42. The Hall–Kier alpha value is -1.40. The number of ether oxygens (including phenoxy) is 1. The second kappa shape index (κ2) is 7.23. The van der Waals surface area contributed by atoms with Gasteiger partial charge in [0.1, 0.15) is 0 Å². The molecule has 6 heteroatoms. The molecule has 0 spiro atoms. The molecule has 6 nitrogen and oxygen atoms in total. The van der Waals surface area contributed by atoms with Gasteiger partial charge in [-0.15, -0.1) is 0 Å². The normalized spacial score (nSPS) is 23.7. The molecule has 0 N–H and O–H groups in total. The van der Waals surface area contributed by atoms with E-state index in [2.05, 4.69) is 16.9 Å². The summed E-state index contributed by atoms with van der Waals surface area (Å²) in [7, 11) is 1.94. The van der Waals surface area contributed by atoms with E-state index < -0.39 is 0 Å². The van der Waals surface area contributed by atoms with Crippen LogP contribution >= 0.6 is 0 Å². The van der Waals surface area contributed by atoms with Gasteiger partial charge in [0.15, 0.2) is 0 Å². The van der Waals surface area contributed by atoms with Crippen molar-refractivity contribution in [2.45, 2.75) is 52.2 Å². The molecule has 1 aromatic heterocycles. The molecular formula is C18H30N4O2. The average molecular weight is 334 g/mol. The third-order valence-corrected chi connectivity index (χ3v) is 5.59. The molecule has 0 aromatic carbocycles. The number of aromatic nitrogens is 2. The van der Waals surface area contributed by atoms with E-state index in [1.54, 1.807) is 0 Å². The van der Waals surface area contributed by atoms with Gasteiger partial charge in [-0.25, -0.2) is 0 Å². The van der Waals surface area contributed by atoms with Crippen molar-refractivity contribution in [3.63, 3.8) is 0 Å². The highest BCUT2D eigenvalue weighted by molar-refractivity contribution is 5.79. The molecule has 3 heterocycles. The van der Waals surface area contributed by atoms with E-state index >= 15 is 0 Å². The topological polar surface area (TPSA) is 50.6 Å². The molecule has 2 aliphatic rings. The number of carbonyl (C=O) groups is 1. The van der Waals surface area contributed by atoms with Gasteiger partial charge < -0.3 is 9.64 Å². The fourth-order valence-electron chi connectivity index (χ4n) is 3.99. The number of morpholine rings is 1. The first-order chi connectivity index (χ1) is 11.5. The van der Waals surface area contributed by atoms with Gasteiger partial charge >= 0.3 is 0 Å². The third-order valence-electron chi connectivity index (χ3n) is 5.59. The minimum absolute atomic E-state index is 0.239. The van der Waals surface area contributed by atoms with E-state index in [0.29, 0.717) is 18.6 Å². The first-order valence-corrected chi connectivity index (χ1v) is 9.08. The van der Waals surface area contributed by atoms with E-state index in [1.807, 2.05) is 30.5 Å². The zero-order valence-corrected chi connectivity index (χ0v) is 15.4. The lowest BCUT2D eigenvalue weighted by Gasteiger charge is -2.41. The summed E-state index contributed by atoms with van der Waals surface area (Å²) >= 11 is 0. The Morgan fingerprint density at radius 1 is 1.25 bits per heavy atom. The number of piperidine rings is 1. The van der Waals surface area contributed by atoms with Crippen LogP contribution in [0.25, 0.3) is 0 Å². The van der Waals surface area contributed by atoms with Crippen molar-refractivity contribution < 1.29 is 9.53 Å². The lowest BCUT2D eigenvalue weighted by Crippen LogP contribution is -2.52. The van der Waals surface area contributed by atoms with Crippen LogP contribution in [0.15, 0.2) is 0 Å². The number of amides is 1. The fraction of sp³-hybridized carbons (Fsp3) is 0.778. The third kappa shape index (κ3) is 3.64. The number of hydrogen-bond donors (Lipinski definition) is 0. The van der Waals surface area contributed by atoms with E-state index in [9.17, 15) is 4.79 Å². The van der Waals surface area contributed by atoms with Gasteiger partial charge in [-0.3, -0.25) is 14.4 Å². The zero-order valence-electron chi connectivity index (χ0n) is 15.4. The van der Waals surface area contributed by atoms with Crippen molar-refractivity contribution in [1.82, 2.24) is 19.6 Å². The highest BCUT2D eigenvalue weighted by Gasteiger charge is 2.29. The predicted molar refractivity (Wildman–Crippen MR) is 93.0 cm³/mol. The molecule has 1 amide bonds. The molecule has 2 saturated heterocycles. The van der Waals surface area contributed by atoms with Gasteiger partial charge in [-0.1, -0.05) is 0 Å². The molecule has 24 heavy (non-hydrogen) atoms. The minimum Gasteiger partial charge on any atom is -0.376 e. The molecule has 1 atom stereocenters. The SMILES string of the molecule is Cc1nn(C)c(C)c1CC(=O)N1CCC(N2CCO[C@@H](C)C2)CC1. The Morgan fingerprint density at radius 2 is 1.96 bits per heavy atom. The van der Waals surface area contributed by atoms with Crippen LogP contribution in [-0.2, 0) is 23.0 Å². The second-order valence-corrected chi connectivity index (χ2v) is 7.24. The molecule has 1 aromatic rings. The van der Waals surface area contributed by atoms with Crippen molar-refractivity contribution in [2.24, 2.45) is 7.05 Å². The molecule has 0 aliphatic carbocycles. The maximum Gasteiger partial charge on any atom is 0.227 e. The predicted octanol–water partition coefficient (Wildman–Crippen LogP) is 1.29. The molecule has 2 aliphatic heterocycles. The Labute approximate surface area is 144 Å². The van der Waals surface area contributed by atoms with Crippen LogP contribution in [0.1, 0.15) is 36.7 Å². The Balaban J connectivity index is 1.53. The van der Waals surface area contributed by atoms with E-state index in [1.165, 1.54) is 0 Å². The summed E-state index contributed by atoms with van der Waals surface area (Å²) in [5.74, 6) is 0.239. The molecule has 3 rings (SSSR count). The second-order valence-electron chi connectivity index (χ2n) is 7.24. The van der Waals surface area contributed by atoms with E-state index in [0.717, 1.165) is 62.6 Å². The van der Waals surface area contributed by atoms with Crippen LogP contribution in [0, 0.1) is 13.8 Å². The zero-order chi connectivity index (χ0) is 17.3. The van der Waals surface area contributed by atoms with Crippen LogP contribution in [0.4, 0.5) is 0 Å². The monoisotopic (exact) mass is 334 g/mol. The largest absolute Gasteiger partial charge is 0.376 e. The Morgan fingerprint density at radius 3 is 2.54 bits per heavy atom. The minimum atomic E-state index is 0.239. The smallest absolute Gasteiger partial charge is 0.227 e. The van der Waals surface area contributed by atoms with Gasteiger partial charge in [0.25, 0.3) is 0 Å². The number of aryl methyl sites for hydroxylation is 2. The lowest BCUT2D eigenvalue weighted by atomic mass is 10.0. The lowest BCUT2D eigenvalue weighted by molar-refractivity contribution is -0.132. The maximum absolute atomic E-state index is 12.7. The van der Waals surface area contributed by atoms with Gasteiger partial charge in [0.05, 0.1) is 24.8 Å². The van der Waals surface area contributed by atoms with Crippen LogP contribution in [0.5, 0.6) is 0 Å². The summed E-state index contributed by atoms with van der Waals surface area (Å²) in [6.45, 7) is 10.8.